The van der Waals surface area contributed by atoms with Gasteiger partial charge in [0.05, 0.1) is 31.3 Å². The Morgan fingerprint density at radius 1 is 1.38 bits per heavy atom. The van der Waals surface area contributed by atoms with E-state index in [1.165, 1.54) is 0 Å². The van der Waals surface area contributed by atoms with Gasteiger partial charge in [-0.05, 0) is 25.7 Å². The number of carbonyl (C=O) groups is 1. The van der Waals surface area contributed by atoms with Crippen molar-refractivity contribution >= 4 is 30.7 Å². The minimum absolute atomic E-state index is 0. The molecule has 152 valence electrons. The lowest BCUT2D eigenvalue weighted by atomic mass is 9.83. The molecule has 0 bridgehead atoms. The second-order valence-electron chi connectivity index (χ2n) is 6.37. The van der Waals surface area contributed by atoms with Gasteiger partial charge in [-0.15, -0.1) is 24.8 Å². The number of halogens is 2. The summed E-state index contributed by atoms with van der Waals surface area (Å²) in [6.07, 6.45) is 6.98. The van der Waals surface area contributed by atoms with Crippen LogP contribution in [-0.4, -0.2) is 47.9 Å². The number of hydrogen-bond donors (Lipinski definition) is 2. The van der Waals surface area contributed by atoms with E-state index in [0.29, 0.717) is 19.6 Å². The fraction of sp³-hybridized carbons (Fsp3) is 0.765. The lowest BCUT2D eigenvalue weighted by Crippen LogP contribution is -2.46. The van der Waals surface area contributed by atoms with Gasteiger partial charge >= 0.3 is 0 Å². The quantitative estimate of drug-likeness (QED) is 0.648. The van der Waals surface area contributed by atoms with Crippen molar-refractivity contribution in [3.8, 4) is 0 Å². The van der Waals surface area contributed by atoms with Crippen molar-refractivity contribution in [1.29, 1.82) is 0 Å². The molecule has 1 aromatic rings. The molecule has 7 nitrogen and oxygen atoms in total. The van der Waals surface area contributed by atoms with Gasteiger partial charge in [-0.25, -0.2) is 4.98 Å². The van der Waals surface area contributed by atoms with Gasteiger partial charge in [0.1, 0.15) is 0 Å². The zero-order chi connectivity index (χ0) is 17.4. The molecule has 1 saturated carbocycles. The molecule has 0 unspecified atom stereocenters. The molecular weight excluding hydrogens is 379 g/mol. The first-order valence-electron chi connectivity index (χ1n) is 8.78. The fourth-order valence-electron chi connectivity index (χ4n) is 3.10. The van der Waals surface area contributed by atoms with Gasteiger partial charge < -0.3 is 25.1 Å². The maximum Gasteiger partial charge on any atom is 0.223 e. The SMILES string of the molecule is CCCO[C@@H]1CC[C@H](C(=O)NCc2cncn2CCOC)C[C@H]1N.Cl.Cl. The first-order chi connectivity index (χ1) is 11.7. The van der Waals surface area contributed by atoms with Crippen molar-refractivity contribution in [2.75, 3.05) is 20.3 Å². The molecule has 0 radical (unpaired) electrons. The van der Waals surface area contributed by atoms with Crippen molar-refractivity contribution in [3.63, 3.8) is 0 Å². The third kappa shape index (κ3) is 7.40. The number of hydrogen-bond acceptors (Lipinski definition) is 5. The maximum atomic E-state index is 12.4. The van der Waals surface area contributed by atoms with Gasteiger partial charge in [-0.2, -0.15) is 0 Å². The van der Waals surface area contributed by atoms with E-state index in [9.17, 15) is 4.79 Å². The summed E-state index contributed by atoms with van der Waals surface area (Å²) in [5.41, 5.74) is 7.16. The Kier molecular flexibility index (Phi) is 12.9. The summed E-state index contributed by atoms with van der Waals surface area (Å²) in [6.45, 7) is 4.65. The van der Waals surface area contributed by atoms with Crippen LogP contribution in [0, 0.1) is 5.92 Å². The van der Waals surface area contributed by atoms with Gasteiger partial charge in [0.25, 0.3) is 0 Å². The molecular formula is C17H32Cl2N4O3. The standard InChI is InChI=1S/C17H30N4O3.2ClH/c1-3-7-24-16-5-4-13(9-15(16)18)17(22)20-11-14-10-19-12-21(14)6-8-23-2;;/h10,12-13,15-16H,3-9,11,18H2,1-2H3,(H,20,22);2*1H/t13-,15+,16+;;/m0../s1. The minimum Gasteiger partial charge on any atom is -0.383 e. The number of nitrogens with two attached hydrogens (primary N) is 1. The molecule has 0 spiro atoms. The number of imidazole rings is 1. The first-order valence-corrected chi connectivity index (χ1v) is 8.78. The molecule has 1 fully saturated rings. The Bertz CT molecular complexity index is 516. The van der Waals surface area contributed by atoms with Gasteiger partial charge in [0.15, 0.2) is 0 Å². The number of rotatable bonds is 9. The van der Waals surface area contributed by atoms with E-state index in [4.69, 9.17) is 15.2 Å². The van der Waals surface area contributed by atoms with Crippen LogP contribution in [-0.2, 0) is 27.4 Å². The Balaban J connectivity index is 0.00000312. The van der Waals surface area contributed by atoms with Crippen molar-refractivity contribution in [2.45, 2.75) is 57.8 Å². The molecule has 0 saturated heterocycles. The Hall–Kier alpha value is -0.860. The zero-order valence-corrected chi connectivity index (χ0v) is 17.2. The summed E-state index contributed by atoms with van der Waals surface area (Å²) in [7, 11) is 1.67. The normalized spacial score (nSPS) is 22.2. The average Bonchev–Trinajstić information content (AvgIpc) is 3.04. The van der Waals surface area contributed by atoms with E-state index < -0.39 is 0 Å². The molecule has 9 heteroatoms. The van der Waals surface area contributed by atoms with Gasteiger partial charge in [-0.1, -0.05) is 6.92 Å². The Morgan fingerprint density at radius 2 is 2.15 bits per heavy atom. The topological polar surface area (TPSA) is 91.4 Å². The number of ether oxygens (including phenoxy) is 2. The van der Waals surface area contributed by atoms with E-state index >= 15 is 0 Å². The Labute approximate surface area is 168 Å². The van der Waals surface area contributed by atoms with Crippen LogP contribution in [0.1, 0.15) is 38.3 Å². The lowest BCUT2D eigenvalue weighted by molar-refractivity contribution is -0.127. The summed E-state index contributed by atoms with van der Waals surface area (Å²) < 4.78 is 12.8. The van der Waals surface area contributed by atoms with E-state index in [-0.39, 0.29) is 48.8 Å². The second kappa shape index (κ2) is 13.3. The number of nitrogens with one attached hydrogen (secondary N) is 1. The third-order valence-corrected chi connectivity index (χ3v) is 4.52. The summed E-state index contributed by atoms with van der Waals surface area (Å²) >= 11 is 0. The molecule has 3 atom stereocenters. The second-order valence-corrected chi connectivity index (χ2v) is 6.37. The molecule has 1 aromatic heterocycles. The number of aromatic nitrogens is 2. The highest BCUT2D eigenvalue weighted by atomic mass is 35.5. The molecule has 26 heavy (non-hydrogen) atoms. The highest BCUT2D eigenvalue weighted by Crippen LogP contribution is 2.26. The van der Waals surface area contributed by atoms with E-state index in [1.807, 2.05) is 4.57 Å². The van der Waals surface area contributed by atoms with Gasteiger partial charge in [0, 0.05) is 38.4 Å². The highest BCUT2D eigenvalue weighted by molar-refractivity contribution is 5.85. The first kappa shape index (κ1) is 25.1. The van der Waals surface area contributed by atoms with Crippen molar-refractivity contribution in [1.82, 2.24) is 14.9 Å². The smallest absolute Gasteiger partial charge is 0.223 e. The Morgan fingerprint density at radius 3 is 2.81 bits per heavy atom. The number of nitrogens with zero attached hydrogens (tertiary/aromatic N) is 2. The average molecular weight is 411 g/mol. The van der Waals surface area contributed by atoms with Crippen LogP contribution in [0.15, 0.2) is 12.5 Å². The molecule has 1 aliphatic rings. The highest BCUT2D eigenvalue weighted by Gasteiger charge is 2.32. The predicted octanol–water partition coefficient (Wildman–Crippen LogP) is 1.91. The summed E-state index contributed by atoms with van der Waals surface area (Å²) in [5, 5.41) is 3.01. The summed E-state index contributed by atoms with van der Waals surface area (Å²) in [6, 6.07) is -0.0618. The third-order valence-electron chi connectivity index (χ3n) is 4.52. The molecule has 0 aromatic carbocycles. The minimum atomic E-state index is -0.0618. The predicted molar refractivity (Wildman–Crippen MR) is 106 cm³/mol. The molecule has 0 aliphatic heterocycles. The fourth-order valence-corrected chi connectivity index (χ4v) is 3.10. The van der Waals surface area contributed by atoms with E-state index in [1.54, 1.807) is 19.6 Å². The van der Waals surface area contributed by atoms with Crippen LogP contribution in [0.25, 0.3) is 0 Å². The number of carbonyl (C=O) groups excluding carboxylic acids is 1. The largest absolute Gasteiger partial charge is 0.383 e. The van der Waals surface area contributed by atoms with Crippen LogP contribution in [0.3, 0.4) is 0 Å². The van der Waals surface area contributed by atoms with E-state index in [2.05, 4.69) is 17.2 Å². The van der Waals surface area contributed by atoms with Crippen molar-refractivity contribution in [3.05, 3.63) is 18.2 Å². The van der Waals surface area contributed by atoms with Crippen molar-refractivity contribution in [2.24, 2.45) is 11.7 Å². The lowest BCUT2D eigenvalue weighted by Gasteiger charge is -2.33. The molecule has 2 rings (SSSR count). The van der Waals surface area contributed by atoms with E-state index in [0.717, 1.165) is 38.1 Å². The molecule has 3 N–H and O–H groups in total. The summed E-state index contributed by atoms with van der Waals surface area (Å²) in [4.78, 5) is 16.6. The van der Waals surface area contributed by atoms with Crippen LogP contribution >= 0.6 is 24.8 Å². The number of amides is 1. The molecule has 1 amide bonds. The number of methoxy groups -OCH3 is 1. The van der Waals surface area contributed by atoms with Crippen LogP contribution in [0.4, 0.5) is 0 Å². The van der Waals surface area contributed by atoms with Crippen molar-refractivity contribution < 1.29 is 14.3 Å². The monoisotopic (exact) mass is 410 g/mol. The van der Waals surface area contributed by atoms with Crippen LogP contribution < -0.4 is 11.1 Å². The summed E-state index contributed by atoms with van der Waals surface area (Å²) in [5.74, 6) is 0.0377. The maximum absolute atomic E-state index is 12.4. The van der Waals surface area contributed by atoms with Gasteiger partial charge in [0.2, 0.25) is 5.91 Å². The zero-order valence-electron chi connectivity index (χ0n) is 15.6. The van der Waals surface area contributed by atoms with Gasteiger partial charge in [-0.3, -0.25) is 4.79 Å². The van der Waals surface area contributed by atoms with Crippen LogP contribution in [0.5, 0.6) is 0 Å². The molecule has 1 heterocycles. The van der Waals surface area contributed by atoms with Crippen LogP contribution in [0.2, 0.25) is 0 Å². The molecule has 1 aliphatic carbocycles.